The van der Waals surface area contributed by atoms with E-state index in [0.29, 0.717) is 6.42 Å². The van der Waals surface area contributed by atoms with Gasteiger partial charge in [0.1, 0.15) is 5.75 Å². The number of amides is 1. The Bertz CT molecular complexity index is 702. The molecule has 0 unspecified atom stereocenters. The number of aromatic hydroxyl groups is 1. The molecule has 0 bridgehead atoms. The smallest absolute Gasteiger partial charge is 0.253 e. The highest BCUT2D eigenvalue weighted by Gasteiger charge is 2.32. The zero-order chi connectivity index (χ0) is 15.0. The number of hydrogen-bond acceptors (Lipinski definition) is 3. The number of carbonyl (C=O) groups excluding carboxylic acids is 1. The molecule has 3 N–H and O–H groups in total. The second-order valence-corrected chi connectivity index (χ2v) is 5.49. The van der Waals surface area contributed by atoms with Gasteiger partial charge in [-0.2, -0.15) is 0 Å². The summed E-state index contributed by atoms with van der Waals surface area (Å²) in [4.78, 5) is 12.3. The van der Waals surface area contributed by atoms with E-state index in [2.05, 4.69) is 5.32 Å². The number of rotatable bonds is 2. The summed E-state index contributed by atoms with van der Waals surface area (Å²) in [5.74, 6) is -0.450. The summed E-state index contributed by atoms with van der Waals surface area (Å²) in [7, 11) is 0. The lowest BCUT2D eigenvalue weighted by Crippen LogP contribution is -2.34. The first-order valence-corrected chi connectivity index (χ1v) is 6.99. The number of carbonyl (C=O) groups is 1. The molecule has 108 valence electrons. The highest BCUT2D eigenvalue weighted by Crippen LogP contribution is 2.32. The molecule has 1 aliphatic rings. The number of phenols is 1. The molecule has 0 saturated carbocycles. The molecule has 1 aliphatic carbocycles. The van der Waals surface area contributed by atoms with Crippen LogP contribution in [0.5, 0.6) is 5.75 Å². The van der Waals surface area contributed by atoms with Crippen LogP contribution in [0.25, 0.3) is 0 Å². The maximum absolute atomic E-state index is 12.3. The minimum absolute atomic E-state index is 0.0306. The first kappa shape index (κ1) is 13.9. The maximum atomic E-state index is 12.3. The molecule has 0 spiro atoms. The van der Waals surface area contributed by atoms with Gasteiger partial charge >= 0.3 is 0 Å². The van der Waals surface area contributed by atoms with E-state index >= 15 is 0 Å². The molecule has 1 amide bonds. The average molecular weight is 304 g/mol. The molecule has 4 nitrogen and oxygen atoms in total. The Labute approximate surface area is 127 Å². The predicted molar refractivity (Wildman–Crippen MR) is 79.5 cm³/mol. The summed E-state index contributed by atoms with van der Waals surface area (Å²) in [6.07, 6.45) is -0.156. The lowest BCUT2D eigenvalue weighted by atomic mass is 10.1. The molecule has 0 heterocycles. The van der Waals surface area contributed by atoms with Crippen molar-refractivity contribution in [2.45, 2.75) is 18.6 Å². The Morgan fingerprint density at radius 1 is 1.24 bits per heavy atom. The molecule has 0 aliphatic heterocycles. The summed E-state index contributed by atoms with van der Waals surface area (Å²) in [5, 5.41) is 22.6. The lowest BCUT2D eigenvalue weighted by Gasteiger charge is -2.18. The van der Waals surface area contributed by atoms with E-state index in [4.69, 9.17) is 11.6 Å². The number of aliphatic hydroxyl groups excluding tert-OH is 1. The van der Waals surface area contributed by atoms with Crippen molar-refractivity contribution in [3.8, 4) is 5.75 Å². The van der Waals surface area contributed by atoms with Crippen molar-refractivity contribution in [2.75, 3.05) is 0 Å². The highest BCUT2D eigenvalue weighted by molar-refractivity contribution is 6.33. The minimum Gasteiger partial charge on any atom is -0.508 e. The van der Waals surface area contributed by atoms with Crippen molar-refractivity contribution in [1.82, 2.24) is 5.32 Å². The van der Waals surface area contributed by atoms with Gasteiger partial charge in [0.25, 0.3) is 5.91 Å². The quantitative estimate of drug-likeness (QED) is 0.798. The Morgan fingerprint density at radius 3 is 2.81 bits per heavy atom. The second kappa shape index (κ2) is 5.39. The Kier molecular flexibility index (Phi) is 3.57. The van der Waals surface area contributed by atoms with Crippen LogP contribution in [0.3, 0.4) is 0 Å². The monoisotopic (exact) mass is 303 g/mol. The summed E-state index contributed by atoms with van der Waals surface area (Å²) in [6.45, 7) is 0. The van der Waals surface area contributed by atoms with E-state index < -0.39 is 18.1 Å². The van der Waals surface area contributed by atoms with Crippen molar-refractivity contribution in [3.05, 3.63) is 64.2 Å². The number of benzene rings is 2. The van der Waals surface area contributed by atoms with Gasteiger partial charge in [-0.3, -0.25) is 4.79 Å². The molecular formula is C16H14ClNO3. The standard InChI is InChI=1S/C16H14ClNO3/c17-13-6-5-10(19)8-12(13)16(21)18-15-11-4-2-1-3-9(11)7-14(15)20/h1-6,8,14-15,19-20H,7H2,(H,18,21)/t14-,15+/m1/s1. The van der Waals surface area contributed by atoms with E-state index in [1.54, 1.807) is 0 Å². The SMILES string of the molecule is O=C(N[C@H]1c2ccccc2C[C@H]1O)c1cc(O)ccc1Cl. The number of aliphatic hydroxyl groups is 1. The Morgan fingerprint density at radius 2 is 2.00 bits per heavy atom. The lowest BCUT2D eigenvalue weighted by molar-refractivity contribution is 0.0858. The Balaban J connectivity index is 1.87. The third-order valence-electron chi connectivity index (χ3n) is 3.69. The van der Waals surface area contributed by atoms with Crippen molar-refractivity contribution < 1.29 is 15.0 Å². The third-order valence-corrected chi connectivity index (χ3v) is 4.01. The highest BCUT2D eigenvalue weighted by atomic mass is 35.5. The summed E-state index contributed by atoms with van der Waals surface area (Å²) in [6, 6.07) is 11.3. The van der Waals surface area contributed by atoms with Crippen LogP contribution in [0.2, 0.25) is 5.02 Å². The van der Waals surface area contributed by atoms with Gasteiger partial charge in [-0.25, -0.2) is 0 Å². The van der Waals surface area contributed by atoms with E-state index in [1.807, 2.05) is 24.3 Å². The van der Waals surface area contributed by atoms with Crippen LogP contribution >= 0.6 is 11.6 Å². The number of halogens is 1. The predicted octanol–water partition coefficient (Wildman–Crippen LogP) is 2.43. The van der Waals surface area contributed by atoms with Crippen LogP contribution in [-0.4, -0.2) is 22.2 Å². The largest absolute Gasteiger partial charge is 0.508 e. The number of hydrogen-bond donors (Lipinski definition) is 3. The van der Waals surface area contributed by atoms with E-state index in [0.717, 1.165) is 11.1 Å². The second-order valence-electron chi connectivity index (χ2n) is 5.09. The zero-order valence-corrected chi connectivity index (χ0v) is 11.8. The number of nitrogens with one attached hydrogen (secondary N) is 1. The van der Waals surface area contributed by atoms with Crippen LogP contribution < -0.4 is 5.32 Å². The molecule has 2 atom stereocenters. The van der Waals surface area contributed by atoms with Crippen LogP contribution in [0.15, 0.2) is 42.5 Å². The first-order valence-electron chi connectivity index (χ1n) is 6.61. The van der Waals surface area contributed by atoms with Crippen LogP contribution in [-0.2, 0) is 6.42 Å². The van der Waals surface area contributed by atoms with Crippen LogP contribution in [0.1, 0.15) is 27.5 Å². The van der Waals surface area contributed by atoms with E-state index in [1.165, 1.54) is 18.2 Å². The van der Waals surface area contributed by atoms with Crippen molar-refractivity contribution >= 4 is 17.5 Å². The summed E-state index contributed by atoms with van der Waals surface area (Å²) >= 11 is 5.98. The van der Waals surface area contributed by atoms with Crippen molar-refractivity contribution in [2.24, 2.45) is 0 Å². The molecule has 5 heteroatoms. The maximum Gasteiger partial charge on any atom is 0.253 e. The van der Waals surface area contributed by atoms with Crippen molar-refractivity contribution in [1.29, 1.82) is 0 Å². The fraction of sp³-hybridized carbons (Fsp3) is 0.188. The molecule has 0 saturated heterocycles. The fourth-order valence-corrected chi connectivity index (χ4v) is 2.86. The Hall–Kier alpha value is -2.04. The topological polar surface area (TPSA) is 69.6 Å². The van der Waals surface area contributed by atoms with Gasteiger partial charge in [0.2, 0.25) is 0 Å². The van der Waals surface area contributed by atoms with Crippen LogP contribution in [0.4, 0.5) is 0 Å². The van der Waals surface area contributed by atoms with E-state index in [9.17, 15) is 15.0 Å². The molecule has 0 fully saturated rings. The third kappa shape index (κ3) is 2.60. The molecular weight excluding hydrogens is 290 g/mol. The number of fused-ring (bicyclic) bond motifs is 1. The minimum atomic E-state index is -0.664. The van der Waals surface area contributed by atoms with Crippen molar-refractivity contribution in [3.63, 3.8) is 0 Å². The fourth-order valence-electron chi connectivity index (χ4n) is 2.65. The molecule has 3 rings (SSSR count). The molecule has 21 heavy (non-hydrogen) atoms. The van der Waals surface area contributed by atoms with E-state index in [-0.39, 0.29) is 16.3 Å². The van der Waals surface area contributed by atoms with Gasteiger partial charge in [-0.05, 0) is 29.3 Å². The summed E-state index contributed by atoms with van der Waals surface area (Å²) in [5.41, 5.74) is 2.13. The summed E-state index contributed by atoms with van der Waals surface area (Å²) < 4.78 is 0. The van der Waals surface area contributed by atoms with Gasteiger partial charge in [0.05, 0.1) is 22.7 Å². The normalized spacial score (nSPS) is 20.1. The van der Waals surface area contributed by atoms with Gasteiger partial charge in [0, 0.05) is 6.42 Å². The molecule has 0 aromatic heterocycles. The number of phenolic OH excluding ortho intramolecular Hbond substituents is 1. The zero-order valence-electron chi connectivity index (χ0n) is 11.1. The van der Waals surface area contributed by atoms with Gasteiger partial charge < -0.3 is 15.5 Å². The van der Waals surface area contributed by atoms with Gasteiger partial charge in [-0.1, -0.05) is 35.9 Å². The van der Waals surface area contributed by atoms with Crippen LogP contribution in [0, 0.1) is 0 Å². The molecule has 2 aromatic rings. The first-order chi connectivity index (χ1) is 10.1. The molecule has 2 aromatic carbocycles. The van der Waals surface area contributed by atoms with Gasteiger partial charge in [0.15, 0.2) is 0 Å². The average Bonchev–Trinajstić information content (AvgIpc) is 2.78. The van der Waals surface area contributed by atoms with Gasteiger partial charge in [-0.15, -0.1) is 0 Å². The molecule has 0 radical (unpaired) electrons.